The van der Waals surface area contributed by atoms with E-state index in [0.717, 1.165) is 5.56 Å². The zero-order valence-electron chi connectivity index (χ0n) is 9.73. The van der Waals surface area contributed by atoms with Crippen molar-refractivity contribution in [2.24, 2.45) is 5.73 Å². The molecule has 1 aromatic carbocycles. The van der Waals surface area contributed by atoms with Crippen molar-refractivity contribution < 1.29 is 14.7 Å². The summed E-state index contributed by atoms with van der Waals surface area (Å²) in [6.45, 7) is 0.320. The van der Waals surface area contributed by atoms with Crippen molar-refractivity contribution >= 4 is 23.5 Å². The smallest absolute Gasteiger partial charge is 0.320 e. The molecular weight excluding hydrogens is 256 g/mol. The number of nitrogens with one attached hydrogen (secondary N) is 1. The Hall–Kier alpha value is -1.59. The van der Waals surface area contributed by atoms with Crippen LogP contribution in [0.25, 0.3) is 0 Å². The third-order valence-corrected chi connectivity index (χ3v) is 2.80. The number of hydrogen-bond acceptors (Lipinski definition) is 3. The summed E-state index contributed by atoms with van der Waals surface area (Å²) >= 11 is 5.93. The number of nitrogens with two attached hydrogens (primary N) is 1. The summed E-state index contributed by atoms with van der Waals surface area (Å²) in [5.74, 6) is -1.35. The van der Waals surface area contributed by atoms with Gasteiger partial charge >= 0.3 is 5.97 Å². The molecule has 1 atom stereocenters. The van der Waals surface area contributed by atoms with Crippen LogP contribution in [0, 0.1) is 0 Å². The largest absolute Gasteiger partial charge is 0.480 e. The van der Waals surface area contributed by atoms with Crippen LogP contribution in [0.15, 0.2) is 24.3 Å². The molecule has 0 aliphatic carbocycles. The van der Waals surface area contributed by atoms with Gasteiger partial charge < -0.3 is 16.2 Å². The first kappa shape index (κ1) is 14.5. The van der Waals surface area contributed by atoms with E-state index in [1.54, 1.807) is 12.1 Å². The van der Waals surface area contributed by atoms with Crippen LogP contribution in [0.5, 0.6) is 0 Å². The molecule has 0 bridgehead atoms. The lowest BCUT2D eigenvalue weighted by Gasteiger charge is -2.08. The second-order valence-electron chi connectivity index (χ2n) is 3.85. The molecule has 1 amide bonds. The Bertz CT molecular complexity index is 437. The predicted octanol–water partition coefficient (Wildman–Crippen LogP) is 1.15. The number of rotatable bonds is 6. The molecule has 0 fully saturated rings. The molecule has 0 aliphatic rings. The average molecular weight is 271 g/mol. The summed E-state index contributed by atoms with van der Waals surface area (Å²) in [6, 6.07) is 6.18. The van der Waals surface area contributed by atoms with Gasteiger partial charge in [-0.1, -0.05) is 29.8 Å². The van der Waals surface area contributed by atoms with E-state index in [1.165, 1.54) is 0 Å². The Morgan fingerprint density at radius 2 is 2.06 bits per heavy atom. The van der Waals surface area contributed by atoms with Crippen molar-refractivity contribution in [3.05, 3.63) is 34.9 Å². The van der Waals surface area contributed by atoms with Crippen molar-refractivity contribution in [1.82, 2.24) is 5.32 Å². The van der Waals surface area contributed by atoms with Crippen LogP contribution in [0.4, 0.5) is 0 Å². The molecule has 5 nitrogen and oxygen atoms in total. The highest BCUT2D eigenvalue weighted by Gasteiger charge is 2.13. The third kappa shape index (κ3) is 4.73. The number of carboxylic acids is 1. The van der Waals surface area contributed by atoms with E-state index in [0.29, 0.717) is 11.6 Å². The van der Waals surface area contributed by atoms with E-state index in [4.69, 9.17) is 22.4 Å². The fraction of sp³-hybridized carbons (Fsp3) is 0.333. The molecule has 1 rings (SSSR count). The van der Waals surface area contributed by atoms with Gasteiger partial charge in [0.15, 0.2) is 0 Å². The maximum absolute atomic E-state index is 11.5. The molecule has 4 N–H and O–H groups in total. The molecule has 0 unspecified atom stereocenters. The molecule has 0 aromatic heterocycles. The fourth-order valence-corrected chi connectivity index (χ4v) is 1.54. The van der Waals surface area contributed by atoms with Crippen LogP contribution in [0.3, 0.4) is 0 Å². The quantitative estimate of drug-likeness (QED) is 0.723. The van der Waals surface area contributed by atoms with Gasteiger partial charge in [-0.15, -0.1) is 0 Å². The first-order valence-electron chi connectivity index (χ1n) is 5.49. The van der Waals surface area contributed by atoms with Crippen LogP contribution in [0.1, 0.15) is 18.4 Å². The Balaban J connectivity index is 2.34. The molecule has 0 heterocycles. The molecule has 98 valence electrons. The number of carbonyl (C=O) groups excluding carboxylic acids is 1. The van der Waals surface area contributed by atoms with E-state index in [9.17, 15) is 9.59 Å². The van der Waals surface area contributed by atoms with Crippen LogP contribution in [-0.2, 0) is 16.1 Å². The van der Waals surface area contributed by atoms with Crippen LogP contribution in [-0.4, -0.2) is 23.0 Å². The summed E-state index contributed by atoms with van der Waals surface area (Å²) in [5, 5.41) is 11.8. The Morgan fingerprint density at radius 1 is 1.39 bits per heavy atom. The number of aliphatic carboxylic acids is 1. The minimum Gasteiger partial charge on any atom is -0.480 e. The van der Waals surface area contributed by atoms with Gasteiger partial charge in [0.25, 0.3) is 0 Å². The molecular formula is C12H15ClN2O3. The third-order valence-electron chi connectivity index (χ3n) is 2.43. The van der Waals surface area contributed by atoms with Gasteiger partial charge in [0.1, 0.15) is 6.04 Å². The number of amides is 1. The summed E-state index contributed by atoms with van der Waals surface area (Å²) in [5.41, 5.74) is 6.11. The predicted molar refractivity (Wildman–Crippen MR) is 68.1 cm³/mol. The van der Waals surface area contributed by atoms with Gasteiger partial charge in [0.05, 0.1) is 0 Å². The SMILES string of the molecule is N[C@@H](CCC(=O)NCc1ccccc1Cl)C(=O)O. The van der Waals surface area contributed by atoms with Crippen LogP contribution < -0.4 is 11.1 Å². The number of benzene rings is 1. The molecule has 6 heteroatoms. The lowest BCUT2D eigenvalue weighted by molar-refractivity contribution is -0.138. The molecule has 0 saturated carbocycles. The molecule has 0 aliphatic heterocycles. The normalized spacial score (nSPS) is 11.9. The highest BCUT2D eigenvalue weighted by atomic mass is 35.5. The minimum absolute atomic E-state index is 0.0813. The molecule has 0 spiro atoms. The van der Waals surface area contributed by atoms with E-state index in [-0.39, 0.29) is 18.7 Å². The summed E-state index contributed by atoms with van der Waals surface area (Å²) < 4.78 is 0. The average Bonchev–Trinajstić information content (AvgIpc) is 2.34. The van der Waals surface area contributed by atoms with Crippen molar-refractivity contribution in [2.45, 2.75) is 25.4 Å². The lowest BCUT2D eigenvalue weighted by Crippen LogP contribution is -2.32. The first-order valence-corrected chi connectivity index (χ1v) is 5.87. The van der Waals surface area contributed by atoms with Crippen LogP contribution >= 0.6 is 11.6 Å². The summed E-state index contributed by atoms with van der Waals surface area (Å²) in [6.07, 6.45) is 0.196. The minimum atomic E-state index is -1.10. The number of halogens is 1. The Labute approximate surface area is 110 Å². The van der Waals surface area contributed by atoms with Crippen molar-refractivity contribution in [2.75, 3.05) is 0 Å². The van der Waals surface area contributed by atoms with Gasteiger partial charge in [-0.25, -0.2) is 0 Å². The van der Waals surface area contributed by atoms with Gasteiger partial charge in [0, 0.05) is 18.0 Å². The van der Waals surface area contributed by atoms with Gasteiger partial charge in [0.2, 0.25) is 5.91 Å². The highest BCUT2D eigenvalue weighted by molar-refractivity contribution is 6.31. The number of carboxylic acid groups (broad SMARTS) is 1. The van der Waals surface area contributed by atoms with Crippen molar-refractivity contribution in [3.63, 3.8) is 0 Å². The molecule has 0 saturated heterocycles. The monoisotopic (exact) mass is 270 g/mol. The van der Waals surface area contributed by atoms with E-state index in [1.807, 2.05) is 12.1 Å². The topological polar surface area (TPSA) is 92.4 Å². The van der Waals surface area contributed by atoms with Gasteiger partial charge in [-0.3, -0.25) is 9.59 Å². The fourth-order valence-electron chi connectivity index (χ4n) is 1.33. The van der Waals surface area contributed by atoms with Crippen LogP contribution in [0.2, 0.25) is 5.02 Å². The summed E-state index contributed by atoms with van der Waals surface area (Å²) in [7, 11) is 0. The van der Waals surface area contributed by atoms with E-state index >= 15 is 0 Å². The Morgan fingerprint density at radius 3 is 2.67 bits per heavy atom. The van der Waals surface area contributed by atoms with Crippen molar-refractivity contribution in [3.8, 4) is 0 Å². The number of hydrogen-bond donors (Lipinski definition) is 3. The second kappa shape index (κ2) is 6.98. The number of carbonyl (C=O) groups is 2. The van der Waals surface area contributed by atoms with Gasteiger partial charge in [-0.2, -0.15) is 0 Å². The van der Waals surface area contributed by atoms with Gasteiger partial charge in [-0.05, 0) is 18.1 Å². The van der Waals surface area contributed by atoms with Crippen molar-refractivity contribution in [1.29, 1.82) is 0 Å². The molecule has 1 aromatic rings. The highest BCUT2D eigenvalue weighted by Crippen LogP contribution is 2.14. The van der Waals surface area contributed by atoms with E-state index in [2.05, 4.69) is 5.32 Å². The lowest BCUT2D eigenvalue weighted by atomic mass is 10.1. The Kier molecular flexibility index (Phi) is 5.61. The standard InChI is InChI=1S/C12H15ClN2O3/c13-9-4-2-1-3-8(9)7-15-11(16)6-5-10(14)12(17)18/h1-4,10H,5-7,14H2,(H,15,16)(H,17,18)/t10-/m0/s1. The zero-order chi connectivity index (χ0) is 13.5. The maximum Gasteiger partial charge on any atom is 0.320 e. The zero-order valence-corrected chi connectivity index (χ0v) is 10.5. The molecule has 18 heavy (non-hydrogen) atoms. The maximum atomic E-state index is 11.5. The first-order chi connectivity index (χ1) is 8.50. The second-order valence-corrected chi connectivity index (χ2v) is 4.26. The summed E-state index contributed by atoms with van der Waals surface area (Å²) in [4.78, 5) is 21.9. The molecule has 0 radical (unpaired) electrons. The van der Waals surface area contributed by atoms with E-state index < -0.39 is 12.0 Å².